The Morgan fingerprint density at radius 2 is 1.96 bits per heavy atom. The molecule has 1 aromatic heterocycles. The largest absolute Gasteiger partial charge is 0.270 e. The first-order chi connectivity index (χ1) is 12.6. The number of nitrogens with zero attached hydrogens (tertiary/aromatic N) is 2. The Labute approximate surface area is 158 Å². The van der Waals surface area contributed by atoms with Crippen molar-refractivity contribution < 1.29 is 8.42 Å². The van der Waals surface area contributed by atoms with Crippen molar-refractivity contribution in [2.24, 2.45) is 0 Å². The molecule has 0 radical (unpaired) electrons. The van der Waals surface area contributed by atoms with Crippen molar-refractivity contribution in [3.8, 4) is 11.3 Å². The maximum Gasteiger partial charge on any atom is 0.234 e. The fourth-order valence-electron chi connectivity index (χ4n) is 3.27. The third-order valence-electron chi connectivity index (χ3n) is 4.68. The predicted octanol–water partition coefficient (Wildman–Crippen LogP) is 4.11. The Morgan fingerprint density at radius 1 is 1.15 bits per heavy atom. The van der Waals surface area contributed by atoms with E-state index in [4.69, 9.17) is 4.98 Å². The van der Waals surface area contributed by atoms with Crippen LogP contribution in [0.3, 0.4) is 0 Å². The van der Waals surface area contributed by atoms with E-state index in [0.717, 1.165) is 40.4 Å². The molecule has 0 spiro atoms. The van der Waals surface area contributed by atoms with Gasteiger partial charge in [0.25, 0.3) is 0 Å². The van der Waals surface area contributed by atoms with Crippen LogP contribution in [0.1, 0.15) is 23.1 Å². The first-order valence-electron chi connectivity index (χ1n) is 8.69. The molecule has 0 amide bonds. The van der Waals surface area contributed by atoms with E-state index in [9.17, 15) is 8.42 Å². The highest BCUT2D eigenvalue weighted by molar-refractivity contribution is 7.92. The van der Waals surface area contributed by atoms with Gasteiger partial charge in [0.15, 0.2) is 0 Å². The molecule has 0 saturated heterocycles. The summed E-state index contributed by atoms with van der Waals surface area (Å²) in [5.74, 6) is 0.128. The smallest absolute Gasteiger partial charge is 0.234 e. The summed E-state index contributed by atoms with van der Waals surface area (Å²) in [5, 5.41) is 3.16. The topological polar surface area (TPSA) is 50.3 Å². The van der Waals surface area contributed by atoms with Crippen molar-refractivity contribution in [2.75, 3.05) is 16.6 Å². The lowest BCUT2D eigenvalue weighted by Crippen LogP contribution is -2.30. The van der Waals surface area contributed by atoms with Gasteiger partial charge >= 0.3 is 0 Å². The van der Waals surface area contributed by atoms with Gasteiger partial charge in [0.05, 0.1) is 22.1 Å². The average Bonchev–Trinajstić information content (AvgIpc) is 3.29. The fourth-order valence-corrected chi connectivity index (χ4v) is 5.27. The number of hydrogen-bond acceptors (Lipinski definition) is 4. The highest BCUT2D eigenvalue weighted by atomic mass is 32.2. The number of anilines is 1. The molecule has 0 atom stereocenters. The molecule has 2 heterocycles. The van der Waals surface area contributed by atoms with Gasteiger partial charge in [-0.2, -0.15) is 0 Å². The van der Waals surface area contributed by atoms with Crippen LogP contribution in [0, 0.1) is 0 Å². The third-order valence-corrected chi connectivity index (χ3v) is 7.31. The standard InChI is InChI=1S/C20H20N2O2S2/c1-2-26(23,24)22-11-10-17-13-16(8-9-19(17)22)18-14-25-20(21-18)12-15-6-4-3-5-7-15/h3-9,13-14H,2,10-12H2,1H3. The Bertz CT molecular complexity index is 1030. The molecule has 0 saturated carbocycles. The minimum absolute atomic E-state index is 0.128. The summed E-state index contributed by atoms with van der Waals surface area (Å²) in [7, 11) is -3.20. The Morgan fingerprint density at radius 3 is 2.73 bits per heavy atom. The van der Waals surface area contributed by atoms with Crippen LogP contribution in [0.25, 0.3) is 11.3 Å². The zero-order valence-corrected chi connectivity index (χ0v) is 16.2. The Hall–Kier alpha value is -2.18. The van der Waals surface area contributed by atoms with Crippen LogP contribution in [-0.4, -0.2) is 25.7 Å². The second-order valence-corrected chi connectivity index (χ2v) is 9.48. The number of hydrogen-bond donors (Lipinski definition) is 0. The van der Waals surface area contributed by atoms with Gasteiger partial charge in [-0.05, 0) is 36.6 Å². The molecule has 0 bridgehead atoms. The van der Waals surface area contributed by atoms with E-state index in [1.54, 1.807) is 18.3 Å². The van der Waals surface area contributed by atoms with Crippen molar-refractivity contribution in [3.05, 3.63) is 70.0 Å². The number of rotatable bonds is 5. The molecular formula is C20H20N2O2S2. The second kappa shape index (κ2) is 6.85. The number of sulfonamides is 1. The van der Waals surface area contributed by atoms with Gasteiger partial charge < -0.3 is 0 Å². The summed E-state index contributed by atoms with van der Waals surface area (Å²) in [5.41, 5.74) is 5.16. The van der Waals surface area contributed by atoms with Crippen LogP contribution in [0.2, 0.25) is 0 Å². The third kappa shape index (κ3) is 3.27. The predicted molar refractivity (Wildman–Crippen MR) is 107 cm³/mol. The van der Waals surface area contributed by atoms with Gasteiger partial charge in [-0.3, -0.25) is 4.31 Å². The summed E-state index contributed by atoms with van der Waals surface area (Å²) in [6.45, 7) is 2.22. The molecule has 3 aromatic rings. The molecule has 26 heavy (non-hydrogen) atoms. The van der Waals surface area contributed by atoms with Gasteiger partial charge in [0, 0.05) is 23.9 Å². The van der Waals surface area contributed by atoms with Crippen molar-refractivity contribution in [3.63, 3.8) is 0 Å². The van der Waals surface area contributed by atoms with Crippen LogP contribution in [0.5, 0.6) is 0 Å². The molecule has 1 aliphatic heterocycles. The zero-order valence-electron chi connectivity index (χ0n) is 14.6. The van der Waals surface area contributed by atoms with Gasteiger partial charge in [0.2, 0.25) is 10.0 Å². The van der Waals surface area contributed by atoms with Crippen molar-refractivity contribution in [1.29, 1.82) is 0 Å². The zero-order chi connectivity index (χ0) is 18.1. The minimum Gasteiger partial charge on any atom is -0.270 e. The van der Waals surface area contributed by atoms with Gasteiger partial charge in [0.1, 0.15) is 0 Å². The highest BCUT2D eigenvalue weighted by Gasteiger charge is 2.28. The van der Waals surface area contributed by atoms with E-state index in [-0.39, 0.29) is 5.75 Å². The maximum atomic E-state index is 12.2. The van der Waals surface area contributed by atoms with Crippen LogP contribution < -0.4 is 4.31 Å². The highest BCUT2D eigenvalue weighted by Crippen LogP contribution is 2.34. The first-order valence-corrected chi connectivity index (χ1v) is 11.2. The van der Waals surface area contributed by atoms with Gasteiger partial charge in [-0.1, -0.05) is 36.4 Å². The van der Waals surface area contributed by atoms with E-state index < -0.39 is 10.0 Å². The van der Waals surface area contributed by atoms with E-state index >= 15 is 0 Å². The quantitative estimate of drug-likeness (QED) is 0.665. The Balaban J connectivity index is 1.59. The van der Waals surface area contributed by atoms with E-state index in [0.29, 0.717) is 6.54 Å². The van der Waals surface area contributed by atoms with Crippen LogP contribution in [0.4, 0.5) is 5.69 Å². The molecular weight excluding hydrogens is 364 g/mol. The summed E-state index contributed by atoms with van der Waals surface area (Å²) < 4.78 is 26.0. The van der Waals surface area contributed by atoms with Crippen LogP contribution in [0.15, 0.2) is 53.9 Å². The molecule has 0 fully saturated rings. The fraction of sp³-hybridized carbons (Fsp3) is 0.250. The molecule has 0 aliphatic carbocycles. The molecule has 0 unspecified atom stereocenters. The number of thiazole rings is 1. The summed E-state index contributed by atoms with van der Waals surface area (Å²) in [6, 6.07) is 16.3. The molecule has 2 aromatic carbocycles. The number of aromatic nitrogens is 1. The SMILES string of the molecule is CCS(=O)(=O)N1CCc2cc(-c3csc(Cc4ccccc4)n3)ccc21. The van der Waals surface area contributed by atoms with E-state index in [2.05, 4.69) is 23.6 Å². The number of benzene rings is 2. The minimum atomic E-state index is -3.20. The van der Waals surface area contributed by atoms with Crippen molar-refractivity contribution in [2.45, 2.75) is 19.8 Å². The molecule has 4 rings (SSSR count). The molecule has 1 aliphatic rings. The lowest BCUT2D eigenvalue weighted by Gasteiger charge is -2.18. The van der Waals surface area contributed by atoms with Crippen LogP contribution >= 0.6 is 11.3 Å². The van der Waals surface area contributed by atoms with Crippen molar-refractivity contribution in [1.82, 2.24) is 4.98 Å². The van der Waals surface area contributed by atoms with Crippen molar-refractivity contribution >= 4 is 27.0 Å². The second-order valence-electron chi connectivity index (χ2n) is 6.36. The summed E-state index contributed by atoms with van der Waals surface area (Å²) in [6.07, 6.45) is 1.59. The normalized spacial score (nSPS) is 13.8. The summed E-state index contributed by atoms with van der Waals surface area (Å²) in [4.78, 5) is 4.77. The van der Waals surface area contributed by atoms with Gasteiger partial charge in [-0.15, -0.1) is 11.3 Å². The molecule has 4 nitrogen and oxygen atoms in total. The Kier molecular flexibility index (Phi) is 4.54. The number of fused-ring (bicyclic) bond motifs is 1. The lowest BCUT2D eigenvalue weighted by atomic mass is 10.1. The van der Waals surface area contributed by atoms with Crippen LogP contribution in [-0.2, 0) is 22.9 Å². The van der Waals surface area contributed by atoms with E-state index in [1.165, 1.54) is 9.87 Å². The molecule has 134 valence electrons. The lowest BCUT2D eigenvalue weighted by molar-refractivity contribution is 0.593. The maximum absolute atomic E-state index is 12.2. The first kappa shape index (κ1) is 17.2. The van der Waals surface area contributed by atoms with E-state index in [1.807, 2.05) is 30.3 Å². The molecule has 0 N–H and O–H groups in total. The van der Waals surface area contributed by atoms with Gasteiger partial charge in [-0.25, -0.2) is 13.4 Å². The monoisotopic (exact) mass is 384 g/mol. The summed E-state index contributed by atoms with van der Waals surface area (Å²) >= 11 is 1.66. The average molecular weight is 385 g/mol. The molecule has 6 heteroatoms.